The smallest absolute Gasteiger partial charge is 0.220 e. The minimum absolute atomic E-state index is 0.121. The van der Waals surface area contributed by atoms with Crippen LogP contribution < -0.4 is 10.1 Å². The van der Waals surface area contributed by atoms with Crippen LogP contribution >= 0.6 is 0 Å². The van der Waals surface area contributed by atoms with E-state index in [0.29, 0.717) is 25.2 Å². The van der Waals surface area contributed by atoms with E-state index >= 15 is 0 Å². The first-order valence-electron chi connectivity index (χ1n) is 8.94. The van der Waals surface area contributed by atoms with Crippen LogP contribution in [0.15, 0.2) is 41.0 Å². The Morgan fingerprint density at radius 3 is 2.84 bits per heavy atom. The largest absolute Gasteiger partial charge is 0.494 e. The fraction of sp³-hybridized carbons (Fsp3) is 0.450. The van der Waals surface area contributed by atoms with Gasteiger partial charge in [-0.25, -0.2) is 0 Å². The number of carbonyl (C=O) groups is 1. The van der Waals surface area contributed by atoms with Gasteiger partial charge in [0.05, 0.1) is 19.5 Å². The Hall–Kier alpha value is -2.27. The number of rotatable bonds is 8. The molecule has 1 amide bonds. The Bertz CT molecular complexity index is 681. The highest BCUT2D eigenvalue weighted by molar-refractivity contribution is 5.76. The third-order valence-electron chi connectivity index (χ3n) is 4.54. The first-order chi connectivity index (χ1) is 12.3. The third-order valence-corrected chi connectivity index (χ3v) is 4.54. The number of fused-ring (bicyclic) bond motifs is 1. The molecule has 3 rings (SSSR count). The third kappa shape index (κ3) is 4.86. The molecule has 0 aliphatic heterocycles. The quantitative estimate of drug-likeness (QED) is 0.722. The molecule has 2 N–H and O–H groups in total. The average Bonchev–Trinajstić information content (AvgIpc) is 3.17. The fourth-order valence-electron chi connectivity index (χ4n) is 3.19. The van der Waals surface area contributed by atoms with Crippen molar-refractivity contribution in [1.29, 1.82) is 0 Å². The van der Waals surface area contributed by atoms with E-state index in [1.807, 2.05) is 6.07 Å². The minimum Gasteiger partial charge on any atom is -0.494 e. The summed E-state index contributed by atoms with van der Waals surface area (Å²) in [6.45, 7) is 0.307. The van der Waals surface area contributed by atoms with Crippen molar-refractivity contribution in [2.45, 2.75) is 44.6 Å². The lowest BCUT2D eigenvalue weighted by Crippen LogP contribution is -2.30. The predicted octanol–water partition coefficient (Wildman–Crippen LogP) is 3.17. The van der Waals surface area contributed by atoms with Crippen LogP contribution in [0, 0.1) is 0 Å². The summed E-state index contributed by atoms with van der Waals surface area (Å²) in [5.41, 5.74) is 2.83. The Morgan fingerprint density at radius 1 is 1.24 bits per heavy atom. The molecule has 0 spiro atoms. The number of hydrogen-bond acceptors (Lipinski definition) is 4. The number of aliphatic hydroxyl groups excluding tert-OH is 1. The van der Waals surface area contributed by atoms with Gasteiger partial charge < -0.3 is 19.6 Å². The minimum atomic E-state index is -0.496. The molecule has 1 aromatic carbocycles. The van der Waals surface area contributed by atoms with Crippen molar-refractivity contribution in [3.8, 4) is 5.75 Å². The van der Waals surface area contributed by atoms with Crippen molar-refractivity contribution in [3.05, 3.63) is 53.5 Å². The monoisotopic (exact) mass is 343 g/mol. The number of benzene rings is 1. The molecule has 0 radical (unpaired) electrons. The number of aliphatic hydroxyl groups is 1. The molecular weight excluding hydrogens is 318 g/mol. The molecular formula is C20H25NO4. The van der Waals surface area contributed by atoms with Gasteiger partial charge >= 0.3 is 0 Å². The predicted molar refractivity (Wildman–Crippen MR) is 94.5 cm³/mol. The first kappa shape index (κ1) is 17.5. The number of nitrogens with one attached hydrogen (secondary N) is 1. The van der Waals surface area contributed by atoms with Crippen molar-refractivity contribution in [2.24, 2.45) is 0 Å². The van der Waals surface area contributed by atoms with Crippen LogP contribution in [-0.4, -0.2) is 24.2 Å². The zero-order chi connectivity index (χ0) is 17.5. The van der Waals surface area contributed by atoms with E-state index in [9.17, 15) is 9.90 Å². The highest BCUT2D eigenvalue weighted by Gasteiger charge is 2.16. The Kier molecular flexibility index (Phi) is 6.12. The van der Waals surface area contributed by atoms with Crippen molar-refractivity contribution in [3.63, 3.8) is 0 Å². The van der Waals surface area contributed by atoms with E-state index in [1.54, 1.807) is 12.1 Å². The number of aryl methyl sites for hydroxylation is 2. The van der Waals surface area contributed by atoms with Crippen LogP contribution in [0.1, 0.15) is 48.6 Å². The molecule has 1 aliphatic carbocycles. The van der Waals surface area contributed by atoms with Gasteiger partial charge in [-0.15, -0.1) is 0 Å². The Morgan fingerprint density at radius 2 is 2.08 bits per heavy atom. The van der Waals surface area contributed by atoms with Crippen molar-refractivity contribution >= 4 is 5.91 Å². The lowest BCUT2D eigenvalue weighted by Gasteiger charge is -2.17. The molecule has 1 unspecified atom stereocenters. The normalized spacial score (nSPS) is 14.6. The standard InChI is InChI=1S/C20H25NO4/c22-14-18(19-7-3-12-25-19)21-20(23)8-4-11-24-17-10-9-15-5-1-2-6-16(15)13-17/h3,7,9-10,12-13,18,22H,1-2,4-6,8,11,14H2,(H,21,23). The number of ether oxygens (including phenoxy) is 1. The maximum atomic E-state index is 12.0. The van der Waals surface area contributed by atoms with Gasteiger partial charge in [0.15, 0.2) is 0 Å². The number of hydrogen-bond donors (Lipinski definition) is 2. The van der Waals surface area contributed by atoms with Crippen LogP contribution in [0.2, 0.25) is 0 Å². The second kappa shape index (κ2) is 8.72. The molecule has 0 bridgehead atoms. The van der Waals surface area contributed by atoms with Gasteiger partial charge in [0, 0.05) is 6.42 Å². The maximum Gasteiger partial charge on any atom is 0.220 e. The second-order valence-electron chi connectivity index (χ2n) is 6.41. The van der Waals surface area contributed by atoms with Gasteiger partial charge in [0.2, 0.25) is 5.91 Å². The van der Waals surface area contributed by atoms with Gasteiger partial charge in [-0.3, -0.25) is 4.79 Å². The molecule has 1 atom stereocenters. The van der Waals surface area contributed by atoms with E-state index in [0.717, 1.165) is 18.6 Å². The molecule has 25 heavy (non-hydrogen) atoms. The van der Waals surface area contributed by atoms with E-state index in [1.165, 1.54) is 30.2 Å². The Labute approximate surface area is 148 Å². The maximum absolute atomic E-state index is 12.0. The summed E-state index contributed by atoms with van der Waals surface area (Å²) >= 11 is 0. The summed E-state index contributed by atoms with van der Waals surface area (Å²) < 4.78 is 11.0. The molecule has 5 heteroatoms. The van der Waals surface area contributed by atoms with Crippen molar-refractivity contribution < 1.29 is 19.1 Å². The van der Waals surface area contributed by atoms with Crippen LogP contribution in [0.5, 0.6) is 5.75 Å². The fourth-order valence-corrected chi connectivity index (χ4v) is 3.19. The zero-order valence-corrected chi connectivity index (χ0v) is 14.4. The van der Waals surface area contributed by atoms with Crippen LogP contribution in [0.3, 0.4) is 0 Å². The molecule has 0 saturated heterocycles. The summed E-state index contributed by atoms with van der Waals surface area (Å²) in [5.74, 6) is 1.32. The number of amides is 1. The van der Waals surface area contributed by atoms with E-state index < -0.39 is 6.04 Å². The van der Waals surface area contributed by atoms with E-state index in [-0.39, 0.29) is 12.5 Å². The molecule has 134 valence electrons. The van der Waals surface area contributed by atoms with Gasteiger partial charge in [-0.2, -0.15) is 0 Å². The number of carbonyl (C=O) groups excluding carboxylic acids is 1. The highest BCUT2D eigenvalue weighted by atomic mass is 16.5. The van der Waals surface area contributed by atoms with Gasteiger partial charge in [-0.05, 0) is 67.5 Å². The molecule has 1 aromatic heterocycles. The van der Waals surface area contributed by atoms with Crippen LogP contribution in [-0.2, 0) is 17.6 Å². The van der Waals surface area contributed by atoms with E-state index in [2.05, 4.69) is 17.4 Å². The molecule has 5 nitrogen and oxygen atoms in total. The Balaban J connectivity index is 1.40. The first-order valence-corrected chi connectivity index (χ1v) is 8.94. The highest BCUT2D eigenvalue weighted by Crippen LogP contribution is 2.25. The lowest BCUT2D eigenvalue weighted by molar-refractivity contribution is -0.122. The van der Waals surface area contributed by atoms with Gasteiger partial charge in [0.1, 0.15) is 17.6 Å². The molecule has 2 aromatic rings. The molecule has 0 fully saturated rings. The number of furan rings is 1. The summed E-state index contributed by atoms with van der Waals surface area (Å²) in [4.78, 5) is 12.0. The summed E-state index contributed by atoms with van der Waals surface area (Å²) in [6, 6.07) is 9.28. The summed E-state index contributed by atoms with van der Waals surface area (Å²) in [6.07, 6.45) is 7.31. The summed E-state index contributed by atoms with van der Waals surface area (Å²) in [5, 5.41) is 12.1. The van der Waals surface area contributed by atoms with Gasteiger partial charge in [0.25, 0.3) is 0 Å². The van der Waals surface area contributed by atoms with E-state index in [4.69, 9.17) is 9.15 Å². The molecule has 1 heterocycles. The van der Waals surface area contributed by atoms with Gasteiger partial charge in [-0.1, -0.05) is 6.07 Å². The van der Waals surface area contributed by atoms with Crippen molar-refractivity contribution in [1.82, 2.24) is 5.32 Å². The lowest BCUT2D eigenvalue weighted by atomic mass is 9.92. The van der Waals surface area contributed by atoms with Crippen molar-refractivity contribution in [2.75, 3.05) is 13.2 Å². The topological polar surface area (TPSA) is 71.7 Å². The molecule has 0 saturated carbocycles. The van der Waals surface area contributed by atoms with Crippen LogP contribution in [0.25, 0.3) is 0 Å². The molecule has 1 aliphatic rings. The second-order valence-corrected chi connectivity index (χ2v) is 6.41. The summed E-state index contributed by atoms with van der Waals surface area (Å²) in [7, 11) is 0. The van der Waals surface area contributed by atoms with Crippen LogP contribution in [0.4, 0.5) is 0 Å². The SMILES string of the molecule is O=C(CCCOc1ccc2c(c1)CCCC2)NC(CO)c1ccco1. The average molecular weight is 343 g/mol. The zero-order valence-electron chi connectivity index (χ0n) is 14.4.